The molecular formula is C15H11BrFNO5. The van der Waals surface area contributed by atoms with Gasteiger partial charge in [0.15, 0.2) is 11.3 Å². The molecule has 1 N–H and O–H groups in total. The number of anilines is 1. The molecule has 0 radical (unpaired) electrons. The van der Waals surface area contributed by atoms with Crippen LogP contribution in [0.1, 0.15) is 27.8 Å². The van der Waals surface area contributed by atoms with Crippen LogP contribution >= 0.6 is 15.9 Å². The van der Waals surface area contributed by atoms with Crippen molar-refractivity contribution >= 4 is 39.3 Å². The molecule has 0 aliphatic rings. The Hall–Kier alpha value is -2.48. The molecule has 6 nitrogen and oxygen atoms in total. The average molecular weight is 384 g/mol. The molecule has 0 bridgehead atoms. The van der Waals surface area contributed by atoms with Crippen LogP contribution < -0.4 is 5.32 Å². The Morgan fingerprint density at radius 3 is 2.57 bits per heavy atom. The van der Waals surface area contributed by atoms with Crippen molar-refractivity contribution in [3.8, 4) is 0 Å². The second-order valence-corrected chi connectivity index (χ2v) is 5.26. The minimum Gasteiger partial charge on any atom is -0.451 e. The van der Waals surface area contributed by atoms with Gasteiger partial charge in [0.05, 0.1) is 5.56 Å². The predicted molar refractivity (Wildman–Crippen MR) is 81.7 cm³/mol. The number of carbonyl (C=O) groups excluding carboxylic acids is 3. The molecule has 1 aromatic heterocycles. The first-order valence-corrected chi connectivity index (χ1v) is 7.19. The fraction of sp³-hybridized carbons (Fsp3) is 0.133. The maximum Gasteiger partial charge on any atom is 0.374 e. The lowest BCUT2D eigenvalue weighted by molar-refractivity contribution is -0.114. The first kappa shape index (κ1) is 16.9. The zero-order chi connectivity index (χ0) is 17.0. The summed E-state index contributed by atoms with van der Waals surface area (Å²) in [6.07, 6.45) is 0. The number of esters is 1. The lowest BCUT2D eigenvalue weighted by Crippen LogP contribution is -2.15. The first-order valence-electron chi connectivity index (χ1n) is 6.39. The highest BCUT2D eigenvalue weighted by molar-refractivity contribution is 9.10. The third-order valence-electron chi connectivity index (χ3n) is 2.70. The molecule has 120 valence electrons. The summed E-state index contributed by atoms with van der Waals surface area (Å²) in [6.45, 7) is 0.650. The Morgan fingerprint density at radius 1 is 1.26 bits per heavy atom. The van der Waals surface area contributed by atoms with Crippen molar-refractivity contribution in [1.29, 1.82) is 0 Å². The Balaban J connectivity index is 2.00. The topological polar surface area (TPSA) is 85.6 Å². The largest absolute Gasteiger partial charge is 0.451 e. The van der Waals surface area contributed by atoms with Crippen LogP contribution in [0.25, 0.3) is 0 Å². The SMILES string of the molecule is CC(=O)Nc1ccc(C(=O)COC(=O)c2ccc(Br)o2)c(F)c1. The summed E-state index contributed by atoms with van der Waals surface area (Å²) in [4.78, 5) is 34.4. The van der Waals surface area contributed by atoms with Gasteiger partial charge >= 0.3 is 5.97 Å². The van der Waals surface area contributed by atoms with Crippen molar-refractivity contribution < 1.29 is 27.9 Å². The summed E-state index contributed by atoms with van der Waals surface area (Å²) >= 11 is 3.03. The van der Waals surface area contributed by atoms with Gasteiger partial charge in [-0.3, -0.25) is 9.59 Å². The average Bonchev–Trinajstić information content (AvgIpc) is 2.90. The number of benzene rings is 1. The molecule has 0 saturated carbocycles. The number of nitrogens with one attached hydrogen (secondary N) is 1. The molecule has 0 spiro atoms. The highest BCUT2D eigenvalue weighted by atomic mass is 79.9. The minimum atomic E-state index is -0.834. The van der Waals surface area contributed by atoms with Gasteiger partial charge in [-0.1, -0.05) is 0 Å². The molecule has 0 aliphatic heterocycles. The molecule has 0 fully saturated rings. The van der Waals surface area contributed by atoms with Crippen molar-refractivity contribution in [2.24, 2.45) is 0 Å². The van der Waals surface area contributed by atoms with Crippen LogP contribution in [-0.4, -0.2) is 24.3 Å². The summed E-state index contributed by atoms with van der Waals surface area (Å²) in [5, 5.41) is 2.39. The smallest absolute Gasteiger partial charge is 0.374 e. The number of hydrogen-bond acceptors (Lipinski definition) is 5. The Morgan fingerprint density at radius 2 is 2.00 bits per heavy atom. The highest BCUT2D eigenvalue weighted by Gasteiger charge is 2.17. The van der Waals surface area contributed by atoms with Crippen LogP contribution in [0.4, 0.5) is 10.1 Å². The van der Waals surface area contributed by atoms with Crippen LogP contribution in [-0.2, 0) is 9.53 Å². The van der Waals surface area contributed by atoms with E-state index in [-0.39, 0.29) is 22.9 Å². The zero-order valence-corrected chi connectivity index (χ0v) is 13.5. The van der Waals surface area contributed by atoms with Crippen molar-refractivity contribution in [3.05, 3.63) is 52.1 Å². The van der Waals surface area contributed by atoms with E-state index in [0.29, 0.717) is 4.67 Å². The third-order valence-corrected chi connectivity index (χ3v) is 3.12. The van der Waals surface area contributed by atoms with Crippen molar-refractivity contribution in [1.82, 2.24) is 0 Å². The summed E-state index contributed by atoms with van der Waals surface area (Å²) in [5.41, 5.74) is -0.0171. The molecule has 0 unspecified atom stereocenters. The zero-order valence-electron chi connectivity index (χ0n) is 11.9. The normalized spacial score (nSPS) is 10.2. The van der Waals surface area contributed by atoms with Crippen LogP contribution in [0.2, 0.25) is 0 Å². The monoisotopic (exact) mass is 383 g/mol. The molecule has 1 aromatic carbocycles. The van der Waals surface area contributed by atoms with Gasteiger partial charge in [-0.25, -0.2) is 9.18 Å². The Labute approximate surface area is 138 Å². The van der Waals surface area contributed by atoms with Gasteiger partial charge in [0.1, 0.15) is 5.82 Å². The highest BCUT2D eigenvalue weighted by Crippen LogP contribution is 2.17. The molecule has 23 heavy (non-hydrogen) atoms. The predicted octanol–water partition coefficient (Wildman–Crippen LogP) is 3.18. The molecule has 0 aliphatic carbocycles. The van der Waals surface area contributed by atoms with E-state index >= 15 is 0 Å². The number of rotatable bonds is 5. The quantitative estimate of drug-likeness (QED) is 0.632. The number of halogens is 2. The standard InChI is InChI=1S/C15H11BrFNO5/c1-8(19)18-9-2-3-10(11(17)6-9)12(20)7-22-15(21)13-4-5-14(16)23-13/h2-6H,7H2,1H3,(H,18,19). The van der Waals surface area contributed by atoms with Gasteiger partial charge in [-0.05, 0) is 46.3 Å². The van der Waals surface area contributed by atoms with Gasteiger partial charge < -0.3 is 14.5 Å². The Bertz CT molecular complexity index is 771. The van der Waals surface area contributed by atoms with Gasteiger partial charge in [-0.2, -0.15) is 0 Å². The van der Waals surface area contributed by atoms with E-state index in [1.54, 1.807) is 0 Å². The van der Waals surface area contributed by atoms with Gasteiger partial charge in [-0.15, -0.1) is 0 Å². The van der Waals surface area contributed by atoms with E-state index in [1.165, 1.54) is 31.2 Å². The van der Waals surface area contributed by atoms with E-state index in [1.807, 2.05) is 0 Å². The molecule has 8 heteroatoms. The lowest BCUT2D eigenvalue weighted by atomic mass is 10.1. The summed E-state index contributed by atoms with van der Waals surface area (Å²) in [7, 11) is 0. The van der Waals surface area contributed by atoms with E-state index in [0.717, 1.165) is 6.07 Å². The van der Waals surface area contributed by atoms with Crippen LogP contribution in [0.15, 0.2) is 39.4 Å². The molecule has 1 heterocycles. The number of furan rings is 1. The number of amides is 1. The van der Waals surface area contributed by atoms with E-state index in [9.17, 15) is 18.8 Å². The second-order valence-electron chi connectivity index (χ2n) is 4.48. The van der Waals surface area contributed by atoms with Crippen molar-refractivity contribution in [2.75, 3.05) is 11.9 Å². The number of carbonyl (C=O) groups is 3. The summed E-state index contributed by atoms with van der Waals surface area (Å²) in [5.74, 6) is -2.80. The fourth-order valence-electron chi connectivity index (χ4n) is 1.73. The maximum absolute atomic E-state index is 13.9. The molecule has 0 atom stereocenters. The van der Waals surface area contributed by atoms with Crippen LogP contribution in [0, 0.1) is 5.82 Å². The summed E-state index contributed by atoms with van der Waals surface area (Å²) in [6, 6.07) is 6.47. The maximum atomic E-state index is 13.9. The van der Waals surface area contributed by atoms with Gasteiger partial charge in [0, 0.05) is 12.6 Å². The van der Waals surface area contributed by atoms with Gasteiger partial charge in [0.25, 0.3) is 0 Å². The molecule has 1 amide bonds. The van der Waals surface area contributed by atoms with Gasteiger partial charge in [0.2, 0.25) is 17.5 Å². The van der Waals surface area contributed by atoms with Crippen molar-refractivity contribution in [3.63, 3.8) is 0 Å². The first-order chi connectivity index (χ1) is 10.9. The minimum absolute atomic E-state index is 0.0776. The molecular weight excluding hydrogens is 373 g/mol. The van der Waals surface area contributed by atoms with Crippen LogP contribution in [0.3, 0.4) is 0 Å². The second kappa shape index (κ2) is 7.19. The lowest BCUT2D eigenvalue weighted by Gasteiger charge is -2.06. The van der Waals surface area contributed by atoms with E-state index < -0.39 is 24.2 Å². The molecule has 0 saturated heterocycles. The van der Waals surface area contributed by atoms with E-state index in [4.69, 9.17) is 9.15 Å². The number of ketones is 1. The third kappa shape index (κ3) is 4.49. The molecule has 2 aromatic rings. The number of hydrogen-bond donors (Lipinski definition) is 1. The number of ether oxygens (including phenoxy) is 1. The number of Topliss-reactive ketones (excluding diaryl/α,β-unsaturated/α-hetero) is 1. The van der Waals surface area contributed by atoms with Crippen molar-refractivity contribution in [2.45, 2.75) is 6.92 Å². The van der Waals surface area contributed by atoms with E-state index in [2.05, 4.69) is 21.2 Å². The van der Waals surface area contributed by atoms with Crippen LogP contribution in [0.5, 0.6) is 0 Å². The summed E-state index contributed by atoms with van der Waals surface area (Å²) < 4.78 is 24.0. The fourth-order valence-corrected chi connectivity index (χ4v) is 2.03. The Kier molecular flexibility index (Phi) is 5.28. The molecule has 2 rings (SSSR count).